The third kappa shape index (κ3) is 9.39. The second-order valence-electron chi connectivity index (χ2n) is 23.3. The number of hydrogen-bond donors (Lipinski definition) is 3. The number of alkyl halides is 1. The molecule has 6 fully saturated rings. The van der Waals surface area contributed by atoms with Crippen LogP contribution < -0.4 is 19.9 Å². The summed E-state index contributed by atoms with van der Waals surface area (Å²) in [7, 11) is 0. The SMILES string of the molecule is C=C1CC[C@H](N2Cc3ccc(N4CCN(CC5(F)CC6(CCN(CC7(COc8nc(N9CCC[C@@](C)(O)C9)c9cnc(-c%10cc(O)cc%11ccc(F)c(CC)c%10%11)c(F)c9n8)CC7)CC6)C5)CC4)cc3C2)C(=O)N1. The van der Waals surface area contributed by atoms with Crippen LogP contribution in [0, 0.1) is 22.5 Å². The number of piperidine rings is 3. The number of hydrogen-bond acceptors (Lipinski definition) is 12. The highest BCUT2D eigenvalue weighted by atomic mass is 19.1. The molecular formula is C57H68F3N9O4. The van der Waals surface area contributed by atoms with Crippen LogP contribution in [0.2, 0.25) is 0 Å². The Morgan fingerprint density at radius 1 is 0.890 bits per heavy atom. The number of carbonyl (C=O) groups excluding carboxylic acids is 1. The van der Waals surface area contributed by atoms with Crippen LogP contribution in [0.3, 0.4) is 0 Å². The van der Waals surface area contributed by atoms with Gasteiger partial charge in [-0.3, -0.25) is 19.6 Å². The van der Waals surface area contributed by atoms with Gasteiger partial charge in [0.25, 0.3) is 0 Å². The number of aryl methyl sites for hydroxylation is 1. The predicted octanol–water partition coefficient (Wildman–Crippen LogP) is 8.42. The molecule has 13 nitrogen and oxygen atoms in total. The van der Waals surface area contributed by atoms with Gasteiger partial charge in [0.1, 0.15) is 34.3 Å². The molecule has 3 aromatic carbocycles. The molecule has 73 heavy (non-hydrogen) atoms. The summed E-state index contributed by atoms with van der Waals surface area (Å²) in [5.74, 6) is -0.752. The lowest BCUT2D eigenvalue weighted by molar-refractivity contribution is -0.127. The smallest absolute Gasteiger partial charge is 0.319 e. The second kappa shape index (κ2) is 18.4. The summed E-state index contributed by atoms with van der Waals surface area (Å²) in [6.45, 7) is 16.9. The van der Waals surface area contributed by atoms with Crippen molar-refractivity contribution in [3.8, 4) is 23.0 Å². The number of anilines is 2. The van der Waals surface area contributed by atoms with Gasteiger partial charge < -0.3 is 35.0 Å². The van der Waals surface area contributed by atoms with E-state index in [2.05, 4.69) is 54.7 Å². The molecule has 12 rings (SSSR count). The number of likely N-dealkylation sites (tertiary alicyclic amines) is 1. The average molecular weight is 1000 g/mol. The highest BCUT2D eigenvalue weighted by molar-refractivity contribution is 6.02. The molecule has 2 aromatic heterocycles. The molecule has 5 aromatic rings. The number of nitrogens with zero attached hydrogens (tertiary/aromatic N) is 8. The number of aromatic hydroxyl groups is 1. The third-order valence-corrected chi connectivity index (χ3v) is 17.6. The highest BCUT2D eigenvalue weighted by Gasteiger charge is 2.57. The molecule has 2 saturated carbocycles. The van der Waals surface area contributed by atoms with E-state index >= 15 is 13.2 Å². The van der Waals surface area contributed by atoms with Gasteiger partial charge in [-0.05, 0) is 154 Å². The Hall–Kier alpha value is -5.55. The Labute approximate surface area is 425 Å². The van der Waals surface area contributed by atoms with Gasteiger partial charge >= 0.3 is 6.01 Å². The zero-order chi connectivity index (χ0) is 50.4. The number of aromatic nitrogens is 3. The zero-order valence-corrected chi connectivity index (χ0v) is 42.3. The summed E-state index contributed by atoms with van der Waals surface area (Å²) in [6, 6.07) is 12.5. The van der Waals surface area contributed by atoms with Crippen molar-refractivity contribution in [3.63, 3.8) is 0 Å². The number of piperazine rings is 1. The number of halogens is 3. The Kier molecular flexibility index (Phi) is 12.2. The summed E-state index contributed by atoms with van der Waals surface area (Å²) in [4.78, 5) is 38.3. The van der Waals surface area contributed by atoms with Crippen LogP contribution in [0.25, 0.3) is 32.9 Å². The Morgan fingerprint density at radius 3 is 2.40 bits per heavy atom. The molecule has 386 valence electrons. The molecule has 7 aliphatic rings. The number of phenolic OH excluding ortho intramolecular Hbond substituents is 1. The standard InChI is InChI=1S/C57H68F3N9O4/c1-4-42-45(58)10-8-37-25-41(70)26-43(47(37)42)49-48(59)50-44(27-61-49)51(68-17-5-12-54(3,72)32-68)64-53(63-50)73-35-56(13-14-56)33-65-18-15-55(16-19-65)30-57(60,31-55)34-66-20-22-67(23-21-66)40-9-7-38-28-69(29-39(38)24-40)46-11-6-36(2)62-52(46)71/h7-10,24-27,46,70,72H,2,4-6,11-23,28-35H2,1,3H3,(H,62,71)/t46-,54+/m0/s1. The van der Waals surface area contributed by atoms with Crippen LogP contribution in [0.4, 0.5) is 24.7 Å². The number of fused-ring (bicyclic) bond motifs is 3. The number of pyridine rings is 1. The van der Waals surface area contributed by atoms with Gasteiger partial charge in [0, 0.05) is 94.0 Å². The molecule has 0 radical (unpaired) electrons. The fourth-order valence-corrected chi connectivity index (χ4v) is 13.6. The highest BCUT2D eigenvalue weighted by Crippen LogP contribution is 2.58. The van der Waals surface area contributed by atoms with Crippen molar-refractivity contribution in [3.05, 3.63) is 89.3 Å². The number of nitrogens with one attached hydrogen (secondary N) is 1. The summed E-state index contributed by atoms with van der Waals surface area (Å²) in [6.07, 6.45) is 10.0. The van der Waals surface area contributed by atoms with Crippen LogP contribution in [-0.2, 0) is 24.3 Å². The van der Waals surface area contributed by atoms with E-state index in [0.717, 1.165) is 103 Å². The molecule has 2 aliphatic carbocycles. The minimum absolute atomic E-state index is 0.00213. The monoisotopic (exact) mass is 1000 g/mol. The number of phenols is 1. The number of β-amino-alcohol motifs (C(OH)–C–C–N with tert-alkyl or cyclic N) is 1. The first-order chi connectivity index (χ1) is 35.1. The predicted molar refractivity (Wildman–Crippen MR) is 276 cm³/mol. The van der Waals surface area contributed by atoms with E-state index in [1.807, 2.05) is 11.8 Å². The van der Waals surface area contributed by atoms with Gasteiger partial charge in [0.15, 0.2) is 5.82 Å². The minimum Gasteiger partial charge on any atom is -0.508 e. The van der Waals surface area contributed by atoms with Crippen molar-refractivity contribution < 1.29 is 32.9 Å². The lowest BCUT2D eigenvalue weighted by atomic mass is 9.55. The molecule has 16 heteroatoms. The zero-order valence-electron chi connectivity index (χ0n) is 42.3. The molecule has 1 amide bonds. The van der Waals surface area contributed by atoms with Gasteiger partial charge in [-0.25, -0.2) is 13.2 Å². The summed E-state index contributed by atoms with van der Waals surface area (Å²) in [5.41, 5.74) is 3.03. The van der Waals surface area contributed by atoms with Crippen molar-refractivity contribution >= 4 is 39.1 Å². The molecular weight excluding hydrogens is 932 g/mol. The van der Waals surface area contributed by atoms with Crippen LogP contribution >= 0.6 is 0 Å². The quantitative estimate of drug-likeness (QED) is 0.111. The third-order valence-electron chi connectivity index (χ3n) is 17.6. The molecule has 5 aliphatic heterocycles. The minimum atomic E-state index is -1.16. The Balaban J connectivity index is 0.667. The molecule has 2 atom stereocenters. The first-order valence-electron chi connectivity index (χ1n) is 26.7. The van der Waals surface area contributed by atoms with Crippen molar-refractivity contribution in [2.75, 3.05) is 81.9 Å². The van der Waals surface area contributed by atoms with Crippen LogP contribution in [-0.4, -0.2) is 135 Å². The van der Waals surface area contributed by atoms with Crippen molar-refractivity contribution in [1.82, 2.24) is 35.0 Å². The normalized spacial score (nSPS) is 25.0. The summed E-state index contributed by atoms with van der Waals surface area (Å²) in [5, 5.41) is 26.2. The van der Waals surface area contributed by atoms with E-state index in [1.54, 1.807) is 13.0 Å². The van der Waals surface area contributed by atoms with Gasteiger partial charge in [-0.15, -0.1) is 0 Å². The lowest BCUT2D eigenvalue weighted by Crippen LogP contribution is -2.60. The lowest BCUT2D eigenvalue weighted by Gasteiger charge is -2.57. The number of rotatable bonds is 12. The van der Waals surface area contributed by atoms with E-state index < -0.39 is 22.9 Å². The number of aliphatic hydroxyl groups is 1. The summed E-state index contributed by atoms with van der Waals surface area (Å²) < 4.78 is 55.3. The maximum Gasteiger partial charge on any atom is 0.319 e. The molecule has 4 saturated heterocycles. The van der Waals surface area contributed by atoms with E-state index in [1.165, 1.54) is 41.2 Å². The van der Waals surface area contributed by atoms with Crippen LogP contribution in [0.5, 0.6) is 11.8 Å². The largest absolute Gasteiger partial charge is 0.508 e. The van der Waals surface area contributed by atoms with Gasteiger partial charge in [-0.1, -0.05) is 25.6 Å². The van der Waals surface area contributed by atoms with Crippen molar-refractivity contribution in [2.45, 2.75) is 115 Å². The topological polar surface area (TPSA) is 134 Å². The maximum absolute atomic E-state index is 17.2. The number of amides is 1. The summed E-state index contributed by atoms with van der Waals surface area (Å²) >= 11 is 0. The molecule has 0 bridgehead atoms. The molecule has 0 unspecified atom stereocenters. The first-order valence-corrected chi connectivity index (χ1v) is 26.7. The number of carbonyl (C=O) groups is 1. The average Bonchev–Trinajstić information content (AvgIpc) is 3.99. The molecule has 7 heterocycles. The van der Waals surface area contributed by atoms with Gasteiger partial charge in [-0.2, -0.15) is 9.97 Å². The number of ether oxygens (including phenoxy) is 1. The van der Waals surface area contributed by atoms with E-state index in [9.17, 15) is 15.0 Å². The Morgan fingerprint density at radius 2 is 1.66 bits per heavy atom. The maximum atomic E-state index is 17.2. The van der Waals surface area contributed by atoms with Crippen LogP contribution in [0.15, 0.2) is 60.9 Å². The number of allylic oxidation sites excluding steroid dienone is 1. The van der Waals surface area contributed by atoms with Gasteiger partial charge in [0.2, 0.25) is 5.91 Å². The molecule has 1 spiro atoms. The van der Waals surface area contributed by atoms with Crippen molar-refractivity contribution in [1.29, 1.82) is 0 Å². The Bertz CT molecular complexity index is 3000. The van der Waals surface area contributed by atoms with E-state index in [0.29, 0.717) is 79.3 Å². The number of benzene rings is 3. The molecule has 3 N–H and O–H groups in total. The van der Waals surface area contributed by atoms with Crippen molar-refractivity contribution in [2.24, 2.45) is 10.8 Å². The van der Waals surface area contributed by atoms with E-state index in [4.69, 9.17) is 14.7 Å². The fourth-order valence-electron chi connectivity index (χ4n) is 13.6. The first kappa shape index (κ1) is 48.4. The van der Waals surface area contributed by atoms with E-state index in [-0.39, 0.29) is 57.9 Å². The second-order valence-corrected chi connectivity index (χ2v) is 23.3. The van der Waals surface area contributed by atoms with Gasteiger partial charge in [0.05, 0.1) is 23.6 Å². The fraction of sp³-hybridized carbons (Fsp3) is 0.544. The van der Waals surface area contributed by atoms with Crippen LogP contribution in [0.1, 0.15) is 94.7 Å².